The topological polar surface area (TPSA) is 38.8 Å². The predicted octanol–water partition coefficient (Wildman–Crippen LogP) is 1.98. The molecule has 2 rings (SSSR count). The van der Waals surface area contributed by atoms with Crippen LogP contribution in [0.5, 0.6) is 5.75 Å². The van der Waals surface area contributed by atoms with E-state index in [1.165, 1.54) is 20.3 Å². The molecule has 1 unspecified atom stereocenters. The highest BCUT2D eigenvalue weighted by molar-refractivity contribution is 5.80. The number of hydrogen-bond acceptors (Lipinski definition) is 4. The number of rotatable bonds is 3. The minimum atomic E-state index is -0.391. The molecule has 0 N–H and O–H groups in total. The molecule has 98 valence electrons. The highest BCUT2D eigenvalue weighted by atomic mass is 19.1. The summed E-state index contributed by atoms with van der Waals surface area (Å²) >= 11 is 0. The maximum Gasteiger partial charge on any atom is 0.328 e. The Morgan fingerprint density at radius 3 is 2.83 bits per heavy atom. The van der Waals surface area contributed by atoms with Gasteiger partial charge in [0.15, 0.2) is 0 Å². The van der Waals surface area contributed by atoms with Crippen LogP contribution in [0.15, 0.2) is 18.2 Å². The van der Waals surface area contributed by atoms with Crippen LogP contribution in [0.3, 0.4) is 0 Å². The van der Waals surface area contributed by atoms with E-state index in [1.54, 1.807) is 17.0 Å². The predicted molar refractivity (Wildman–Crippen MR) is 65.3 cm³/mol. The Labute approximate surface area is 105 Å². The molecule has 0 bridgehead atoms. The van der Waals surface area contributed by atoms with Gasteiger partial charge in [-0.1, -0.05) is 0 Å². The number of hydrogen-bond donors (Lipinski definition) is 0. The van der Waals surface area contributed by atoms with Gasteiger partial charge in [-0.3, -0.25) is 0 Å². The number of esters is 1. The monoisotopic (exact) mass is 253 g/mol. The number of nitrogens with zero attached hydrogens (tertiary/aromatic N) is 1. The van der Waals surface area contributed by atoms with Crippen molar-refractivity contribution in [1.29, 1.82) is 0 Å². The molecule has 0 aromatic heterocycles. The molecule has 18 heavy (non-hydrogen) atoms. The summed E-state index contributed by atoms with van der Waals surface area (Å²) < 4.78 is 23.7. The Hall–Kier alpha value is -1.78. The van der Waals surface area contributed by atoms with Crippen LogP contribution in [0.4, 0.5) is 10.1 Å². The van der Waals surface area contributed by atoms with E-state index in [4.69, 9.17) is 9.47 Å². The van der Waals surface area contributed by atoms with Gasteiger partial charge in [-0.05, 0) is 25.0 Å². The Bertz CT molecular complexity index is 450. The Morgan fingerprint density at radius 2 is 2.22 bits per heavy atom. The minimum absolute atomic E-state index is 0.317. The second-order valence-corrected chi connectivity index (χ2v) is 4.19. The summed E-state index contributed by atoms with van der Waals surface area (Å²) in [5.74, 6) is -0.238. The van der Waals surface area contributed by atoms with Gasteiger partial charge in [0, 0.05) is 12.6 Å². The van der Waals surface area contributed by atoms with Crippen LogP contribution in [0.1, 0.15) is 12.8 Å². The fourth-order valence-corrected chi connectivity index (χ4v) is 2.28. The van der Waals surface area contributed by atoms with Crippen molar-refractivity contribution in [3.05, 3.63) is 24.0 Å². The zero-order valence-electron chi connectivity index (χ0n) is 10.5. The molecule has 1 aromatic carbocycles. The first kappa shape index (κ1) is 12.7. The van der Waals surface area contributed by atoms with Gasteiger partial charge >= 0.3 is 5.97 Å². The van der Waals surface area contributed by atoms with E-state index in [9.17, 15) is 9.18 Å². The van der Waals surface area contributed by atoms with Crippen LogP contribution in [-0.4, -0.2) is 32.8 Å². The quantitative estimate of drug-likeness (QED) is 0.772. The van der Waals surface area contributed by atoms with E-state index in [-0.39, 0.29) is 11.8 Å². The second-order valence-electron chi connectivity index (χ2n) is 4.19. The van der Waals surface area contributed by atoms with Crippen molar-refractivity contribution in [2.45, 2.75) is 18.9 Å². The molecule has 1 aliphatic heterocycles. The van der Waals surface area contributed by atoms with Crippen molar-refractivity contribution in [2.75, 3.05) is 25.7 Å². The molecular weight excluding hydrogens is 237 g/mol. The first-order chi connectivity index (χ1) is 8.67. The Kier molecular flexibility index (Phi) is 3.69. The molecule has 5 heteroatoms. The van der Waals surface area contributed by atoms with Crippen molar-refractivity contribution < 1.29 is 18.7 Å². The summed E-state index contributed by atoms with van der Waals surface area (Å²) in [6.07, 6.45) is 1.55. The summed E-state index contributed by atoms with van der Waals surface area (Å²) in [5.41, 5.74) is 0.420. The van der Waals surface area contributed by atoms with Crippen molar-refractivity contribution >= 4 is 11.7 Å². The van der Waals surface area contributed by atoms with Crippen LogP contribution in [-0.2, 0) is 9.53 Å². The molecule has 0 aliphatic carbocycles. The van der Waals surface area contributed by atoms with Gasteiger partial charge in [-0.25, -0.2) is 9.18 Å². The third-order valence-electron chi connectivity index (χ3n) is 3.19. The van der Waals surface area contributed by atoms with Crippen molar-refractivity contribution in [3.8, 4) is 5.75 Å². The molecule has 1 fully saturated rings. The van der Waals surface area contributed by atoms with E-state index in [0.717, 1.165) is 6.42 Å². The van der Waals surface area contributed by atoms with Crippen LogP contribution >= 0.6 is 0 Å². The van der Waals surface area contributed by atoms with E-state index >= 15 is 0 Å². The highest BCUT2D eigenvalue weighted by Crippen LogP contribution is 2.30. The lowest BCUT2D eigenvalue weighted by molar-refractivity contribution is -0.141. The van der Waals surface area contributed by atoms with Gasteiger partial charge in [0.25, 0.3) is 0 Å². The van der Waals surface area contributed by atoms with Gasteiger partial charge in [-0.15, -0.1) is 0 Å². The molecule has 1 saturated heterocycles. The molecule has 0 saturated carbocycles. The number of ether oxygens (including phenoxy) is 2. The van der Waals surface area contributed by atoms with Crippen LogP contribution < -0.4 is 9.64 Å². The molecule has 0 amide bonds. The standard InChI is InChI=1S/C13H16FNO3/c1-17-9-5-6-11(10(14)8-9)15-7-3-4-12(15)13(16)18-2/h5-6,8,12H,3-4,7H2,1-2H3. The summed E-state index contributed by atoms with van der Waals surface area (Å²) in [7, 11) is 2.84. The van der Waals surface area contributed by atoms with E-state index in [1.807, 2.05) is 0 Å². The van der Waals surface area contributed by atoms with Gasteiger partial charge in [0.05, 0.1) is 19.9 Å². The van der Waals surface area contributed by atoms with Crippen molar-refractivity contribution in [3.63, 3.8) is 0 Å². The fraction of sp³-hybridized carbons (Fsp3) is 0.462. The average Bonchev–Trinajstić information content (AvgIpc) is 2.86. The maximum atomic E-state index is 14.0. The van der Waals surface area contributed by atoms with Crippen LogP contribution in [0, 0.1) is 5.82 Å². The van der Waals surface area contributed by atoms with E-state index in [2.05, 4.69) is 0 Å². The smallest absolute Gasteiger partial charge is 0.328 e. The van der Waals surface area contributed by atoms with Crippen LogP contribution in [0.2, 0.25) is 0 Å². The Morgan fingerprint density at radius 1 is 1.44 bits per heavy atom. The Balaban J connectivity index is 2.27. The van der Waals surface area contributed by atoms with E-state index in [0.29, 0.717) is 24.4 Å². The number of halogens is 1. The zero-order valence-corrected chi connectivity index (χ0v) is 10.5. The highest BCUT2D eigenvalue weighted by Gasteiger charge is 2.33. The molecule has 0 spiro atoms. The first-order valence-electron chi connectivity index (χ1n) is 5.85. The summed E-state index contributed by atoms with van der Waals surface area (Å²) in [4.78, 5) is 13.4. The largest absolute Gasteiger partial charge is 0.497 e. The lowest BCUT2D eigenvalue weighted by Gasteiger charge is -2.25. The lowest BCUT2D eigenvalue weighted by Crippen LogP contribution is -2.37. The molecule has 0 radical (unpaired) electrons. The summed E-state index contributed by atoms with van der Waals surface area (Å²) in [6.45, 7) is 0.656. The fourth-order valence-electron chi connectivity index (χ4n) is 2.28. The lowest BCUT2D eigenvalue weighted by atomic mass is 10.2. The number of anilines is 1. The van der Waals surface area contributed by atoms with Crippen molar-refractivity contribution in [1.82, 2.24) is 0 Å². The second kappa shape index (κ2) is 5.25. The third-order valence-corrected chi connectivity index (χ3v) is 3.19. The van der Waals surface area contributed by atoms with Gasteiger partial charge in [0.2, 0.25) is 0 Å². The van der Waals surface area contributed by atoms with Crippen molar-refractivity contribution in [2.24, 2.45) is 0 Å². The van der Waals surface area contributed by atoms with Gasteiger partial charge < -0.3 is 14.4 Å². The number of methoxy groups -OCH3 is 2. The zero-order chi connectivity index (χ0) is 13.1. The molecule has 4 nitrogen and oxygen atoms in total. The maximum absolute atomic E-state index is 14.0. The summed E-state index contributed by atoms with van der Waals surface area (Å²) in [5, 5.41) is 0. The average molecular weight is 253 g/mol. The third kappa shape index (κ3) is 2.25. The number of carbonyl (C=O) groups is 1. The minimum Gasteiger partial charge on any atom is -0.497 e. The van der Waals surface area contributed by atoms with Gasteiger partial charge in [-0.2, -0.15) is 0 Å². The van der Waals surface area contributed by atoms with Gasteiger partial charge in [0.1, 0.15) is 17.6 Å². The van der Waals surface area contributed by atoms with Crippen LogP contribution in [0.25, 0.3) is 0 Å². The molecule has 1 aliphatic rings. The normalized spacial score (nSPS) is 18.8. The first-order valence-corrected chi connectivity index (χ1v) is 5.85. The molecule has 1 atom stereocenters. The molecule has 1 heterocycles. The number of carbonyl (C=O) groups excluding carboxylic acids is 1. The SMILES string of the molecule is COC(=O)C1CCCN1c1ccc(OC)cc1F. The number of benzene rings is 1. The summed E-state index contributed by atoms with van der Waals surface area (Å²) in [6, 6.07) is 4.25. The molecule has 1 aromatic rings. The molecular formula is C13H16FNO3. The van der Waals surface area contributed by atoms with E-state index < -0.39 is 6.04 Å².